The Bertz CT molecular complexity index is 1380. The standard InChI is InChI=1S/C44H71NO11/c1-10-13-34(37(49)25-36(48)32(7)41(55-26-46)29(4)22-33-16-17-35(47)39(24-33)53-8)21-28(3)20-27(2)15-18-38-40(54-9)23-30(5)44(52,56-38)42(50)43(51)45-19-12-11-14-31(45)6/h10,21-22,26-27,30-36,38-41,47-48,52H,1,11-20,23-25H2,2-9H3/b28-21+,29-22+/t27-,30?,31?,32-,33?,34-,35-,36+,38-,39?,40?,41-,44?/m1/s1. The third kappa shape index (κ3) is 12.6. The molecular formula is C44H71NO11. The lowest BCUT2D eigenvalue weighted by molar-refractivity contribution is -0.287. The van der Waals surface area contributed by atoms with Crippen LogP contribution in [-0.4, -0.2) is 113 Å². The maximum atomic E-state index is 13.6. The summed E-state index contributed by atoms with van der Waals surface area (Å²) in [5.41, 5.74) is 1.78. The highest BCUT2D eigenvalue weighted by Gasteiger charge is 2.54. The molecule has 2 heterocycles. The van der Waals surface area contributed by atoms with Crippen molar-refractivity contribution in [2.75, 3.05) is 20.8 Å². The van der Waals surface area contributed by atoms with Gasteiger partial charge in [-0.15, -0.1) is 6.58 Å². The van der Waals surface area contributed by atoms with E-state index in [1.807, 2.05) is 32.9 Å². The molecule has 12 nitrogen and oxygen atoms in total. The number of likely N-dealkylation sites (tertiary alicyclic amines) is 1. The highest BCUT2D eigenvalue weighted by atomic mass is 16.7. The second kappa shape index (κ2) is 22.4. The smallest absolute Gasteiger partial charge is 0.296 e. The number of carbonyl (C=O) groups excluding carboxylic acids is 4. The Morgan fingerprint density at radius 1 is 1.02 bits per heavy atom. The molecule has 0 spiro atoms. The summed E-state index contributed by atoms with van der Waals surface area (Å²) in [6.07, 6.45) is 9.29. The van der Waals surface area contributed by atoms with Crippen LogP contribution in [-0.2, 0) is 38.1 Å². The van der Waals surface area contributed by atoms with Gasteiger partial charge in [0.2, 0.25) is 5.79 Å². The van der Waals surface area contributed by atoms with E-state index in [-0.39, 0.29) is 42.3 Å². The fourth-order valence-corrected chi connectivity index (χ4v) is 8.99. The summed E-state index contributed by atoms with van der Waals surface area (Å²) in [4.78, 5) is 53.5. The van der Waals surface area contributed by atoms with Gasteiger partial charge < -0.3 is 39.2 Å². The predicted octanol–water partition coefficient (Wildman–Crippen LogP) is 5.65. The maximum absolute atomic E-state index is 13.6. The van der Waals surface area contributed by atoms with Crippen molar-refractivity contribution in [1.29, 1.82) is 0 Å². The number of nitrogens with zero attached hydrogens (tertiary/aromatic N) is 1. The van der Waals surface area contributed by atoms with Gasteiger partial charge >= 0.3 is 0 Å². The van der Waals surface area contributed by atoms with Gasteiger partial charge in [-0.05, 0) is 109 Å². The largest absolute Gasteiger partial charge is 0.460 e. The van der Waals surface area contributed by atoms with Crippen LogP contribution in [0.3, 0.4) is 0 Å². The summed E-state index contributed by atoms with van der Waals surface area (Å²) in [7, 11) is 3.16. The zero-order chi connectivity index (χ0) is 41.7. The number of ketones is 2. The van der Waals surface area contributed by atoms with E-state index >= 15 is 0 Å². The number of hydrogen-bond acceptors (Lipinski definition) is 11. The Hall–Kier alpha value is -2.74. The summed E-state index contributed by atoms with van der Waals surface area (Å²) in [5.74, 6) is -5.38. The molecule has 1 amide bonds. The topological polar surface area (TPSA) is 169 Å². The molecule has 6 unspecified atom stereocenters. The molecule has 13 atom stereocenters. The summed E-state index contributed by atoms with van der Waals surface area (Å²) in [5, 5.41) is 33.0. The first-order valence-corrected chi connectivity index (χ1v) is 20.8. The lowest BCUT2D eigenvalue weighted by Crippen LogP contribution is -2.62. The lowest BCUT2D eigenvalue weighted by atomic mass is 9.81. The normalized spacial score (nSPS) is 31.8. The Labute approximate surface area is 335 Å². The van der Waals surface area contributed by atoms with E-state index in [0.29, 0.717) is 58.0 Å². The summed E-state index contributed by atoms with van der Waals surface area (Å²) in [6, 6.07) is -0.0709. The fraction of sp³-hybridized carbons (Fsp3) is 0.773. The van der Waals surface area contributed by atoms with Gasteiger partial charge in [0.1, 0.15) is 11.9 Å². The van der Waals surface area contributed by atoms with Gasteiger partial charge in [0, 0.05) is 51.0 Å². The van der Waals surface area contributed by atoms with Gasteiger partial charge in [0.05, 0.1) is 30.5 Å². The Morgan fingerprint density at radius 2 is 1.71 bits per heavy atom. The van der Waals surface area contributed by atoms with Gasteiger partial charge in [0.25, 0.3) is 18.2 Å². The molecule has 3 N–H and O–H groups in total. The molecule has 1 saturated carbocycles. The first-order valence-electron chi connectivity index (χ1n) is 20.8. The number of rotatable bonds is 21. The molecule has 0 aromatic carbocycles. The lowest BCUT2D eigenvalue weighted by Gasteiger charge is -2.45. The molecule has 3 aliphatic rings. The number of ether oxygens (including phenoxy) is 4. The van der Waals surface area contributed by atoms with Crippen LogP contribution in [0.25, 0.3) is 0 Å². The van der Waals surface area contributed by atoms with Gasteiger partial charge in [-0.25, -0.2) is 0 Å². The Kier molecular flexibility index (Phi) is 19.1. The van der Waals surface area contributed by atoms with Crippen LogP contribution in [0.15, 0.2) is 36.0 Å². The molecule has 0 radical (unpaired) electrons. The van der Waals surface area contributed by atoms with Crippen molar-refractivity contribution >= 4 is 23.9 Å². The molecule has 318 valence electrons. The second-order valence-corrected chi connectivity index (χ2v) is 17.0. The van der Waals surface area contributed by atoms with Gasteiger partial charge in [-0.3, -0.25) is 19.2 Å². The van der Waals surface area contributed by atoms with E-state index in [4.69, 9.17) is 18.9 Å². The van der Waals surface area contributed by atoms with Crippen molar-refractivity contribution in [2.24, 2.45) is 29.6 Å². The first kappa shape index (κ1) is 47.6. The summed E-state index contributed by atoms with van der Waals surface area (Å²) >= 11 is 0. The second-order valence-electron chi connectivity index (χ2n) is 17.0. The summed E-state index contributed by atoms with van der Waals surface area (Å²) < 4.78 is 22.8. The number of aliphatic hydroxyl groups is 3. The molecule has 3 fully saturated rings. The van der Waals surface area contributed by atoms with Gasteiger partial charge in [0.15, 0.2) is 0 Å². The van der Waals surface area contributed by atoms with E-state index < -0.39 is 59.6 Å². The van der Waals surface area contributed by atoms with Crippen LogP contribution in [0.4, 0.5) is 0 Å². The molecule has 0 aromatic heterocycles. The minimum Gasteiger partial charge on any atom is -0.460 e. The molecule has 0 bridgehead atoms. The fourth-order valence-electron chi connectivity index (χ4n) is 8.99. The van der Waals surface area contributed by atoms with E-state index in [1.165, 1.54) is 0 Å². The number of allylic oxidation sites excluding steroid dienone is 4. The van der Waals surface area contributed by atoms with E-state index in [2.05, 4.69) is 13.5 Å². The Balaban J connectivity index is 1.61. The minimum atomic E-state index is -2.23. The molecule has 1 aliphatic carbocycles. The number of amides is 1. The van der Waals surface area contributed by atoms with Crippen LogP contribution in [0.5, 0.6) is 0 Å². The minimum absolute atomic E-state index is 0.0709. The highest BCUT2D eigenvalue weighted by Crippen LogP contribution is 2.38. The number of piperidine rings is 1. The third-order valence-electron chi connectivity index (χ3n) is 12.6. The van der Waals surface area contributed by atoms with Crippen LogP contribution >= 0.6 is 0 Å². The van der Waals surface area contributed by atoms with Crippen LogP contribution in [0.1, 0.15) is 119 Å². The zero-order valence-electron chi connectivity index (χ0n) is 35.2. The number of Topliss-reactive ketones (excluding diaryl/α,β-unsaturated/α-hetero) is 2. The monoisotopic (exact) mass is 790 g/mol. The van der Waals surface area contributed by atoms with E-state index in [9.17, 15) is 34.5 Å². The quantitative estimate of drug-likeness (QED) is 0.0747. The van der Waals surface area contributed by atoms with Crippen LogP contribution < -0.4 is 0 Å². The highest BCUT2D eigenvalue weighted by molar-refractivity contribution is 6.38. The first-order chi connectivity index (χ1) is 26.5. The van der Waals surface area contributed by atoms with Crippen molar-refractivity contribution in [2.45, 2.75) is 167 Å². The number of aliphatic hydroxyl groups excluding tert-OH is 2. The molecular weight excluding hydrogens is 718 g/mol. The molecule has 3 rings (SSSR count). The van der Waals surface area contributed by atoms with E-state index in [0.717, 1.165) is 36.8 Å². The van der Waals surface area contributed by atoms with Crippen LogP contribution in [0.2, 0.25) is 0 Å². The maximum Gasteiger partial charge on any atom is 0.296 e. The predicted molar refractivity (Wildman–Crippen MR) is 213 cm³/mol. The number of carbonyl (C=O) groups is 4. The van der Waals surface area contributed by atoms with Gasteiger partial charge in [-0.2, -0.15) is 0 Å². The van der Waals surface area contributed by atoms with Crippen molar-refractivity contribution in [3.63, 3.8) is 0 Å². The zero-order valence-corrected chi connectivity index (χ0v) is 35.2. The van der Waals surface area contributed by atoms with Crippen LogP contribution in [0, 0.1) is 29.6 Å². The van der Waals surface area contributed by atoms with Crippen molar-refractivity contribution in [1.82, 2.24) is 4.90 Å². The summed E-state index contributed by atoms with van der Waals surface area (Å²) in [6.45, 7) is 16.0. The number of methoxy groups -OCH3 is 2. The van der Waals surface area contributed by atoms with Gasteiger partial charge in [-0.1, -0.05) is 44.6 Å². The molecule has 2 aliphatic heterocycles. The average Bonchev–Trinajstić information content (AvgIpc) is 3.16. The molecule has 56 heavy (non-hydrogen) atoms. The third-order valence-corrected chi connectivity index (χ3v) is 12.6. The van der Waals surface area contributed by atoms with Crippen molar-refractivity contribution in [3.05, 3.63) is 36.0 Å². The van der Waals surface area contributed by atoms with E-state index in [1.54, 1.807) is 39.0 Å². The molecule has 12 heteroatoms. The van der Waals surface area contributed by atoms with Crippen molar-refractivity contribution < 1.29 is 53.4 Å². The molecule has 2 saturated heterocycles. The number of hydrogen-bond donors (Lipinski definition) is 3. The molecule has 0 aromatic rings. The van der Waals surface area contributed by atoms with Crippen molar-refractivity contribution in [3.8, 4) is 0 Å². The Morgan fingerprint density at radius 3 is 2.34 bits per heavy atom. The SMILES string of the molecule is C=CC[C@H](/C=C(\C)C[C@H](C)CC[C@H]1OC(O)(C(=O)C(=O)N2CCCCC2C)C(C)CC1OC)C(=O)C[C@H](O)[C@@H](C)[C@H](OC=O)/C(C)=C/C1CC[C@@H](O)C(OC)C1. The average molecular weight is 790 g/mol.